The topological polar surface area (TPSA) is 75.8 Å². The number of hydrogen-bond donors (Lipinski definition) is 2. The Morgan fingerprint density at radius 1 is 1.38 bits per heavy atom. The molecule has 0 saturated heterocycles. The zero-order chi connectivity index (χ0) is 16.0. The largest absolute Gasteiger partial charge is 0.484 e. The lowest BCUT2D eigenvalue weighted by Crippen LogP contribution is -2.44. The van der Waals surface area contributed by atoms with Gasteiger partial charge in [-0.15, -0.1) is 0 Å². The molecule has 0 heterocycles. The molecule has 1 aromatic carbocycles. The van der Waals surface area contributed by atoms with Gasteiger partial charge in [-0.1, -0.05) is 12.2 Å². The van der Waals surface area contributed by atoms with E-state index in [1.165, 1.54) is 0 Å². The number of benzene rings is 1. The molecule has 0 atom stereocenters. The molecule has 3 N–H and O–H groups in total. The third-order valence-corrected chi connectivity index (χ3v) is 3.05. The molecule has 0 aromatic heterocycles. The fraction of sp³-hybridized carbons (Fsp3) is 0.467. The van der Waals surface area contributed by atoms with Gasteiger partial charge in [0.05, 0.1) is 5.60 Å². The smallest absolute Gasteiger partial charge is 0.260 e. The summed E-state index contributed by atoms with van der Waals surface area (Å²) in [5.74, 6) is 0.403. The van der Waals surface area contributed by atoms with Crippen LogP contribution >= 0.6 is 12.2 Å². The van der Waals surface area contributed by atoms with Crippen molar-refractivity contribution in [2.24, 2.45) is 5.73 Å². The molecule has 21 heavy (non-hydrogen) atoms. The molecule has 0 unspecified atom stereocenters. The van der Waals surface area contributed by atoms with Crippen molar-refractivity contribution in [1.82, 2.24) is 4.90 Å². The molecular weight excluding hydrogens is 288 g/mol. The summed E-state index contributed by atoms with van der Waals surface area (Å²) in [6.07, 6.45) is 0. The number of hydrogen-bond acceptors (Lipinski definition) is 4. The van der Waals surface area contributed by atoms with Crippen LogP contribution in [0.1, 0.15) is 26.3 Å². The molecule has 0 radical (unpaired) electrons. The molecule has 6 heteroatoms. The second kappa shape index (κ2) is 7.38. The van der Waals surface area contributed by atoms with Crippen LogP contribution in [-0.4, -0.2) is 46.2 Å². The van der Waals surface area contributed by atoms with Gasteiger partial charge in [0.25, 0.3) is 5.91 Å². The van der Waals surface area contributed by atoms with Gasteiger partial charge < -0.3 is 20.5 Å². The molecule has 0 spiro atoms. The van der Waals surface area contributed by atoms with Crippen LogP contribution < -0.4 is 10.5 Å². The highest BCUT2D eigenvalue weighted by Gasteiger charge is 2.21. The van der Waals surface area contributed by atoms with Gasteiger partial charge in [-0.2, -0.15) is 0 Å². The number of ether oxygens (including phenoxy) is 1. The maximum Gasteiger partial charge on any atom is 0.260 e. The second-order valence-electron chi connectivity index (χ2n) is 5.40. The Morgan fingerprint density at radius 3 is 2.38 bits per heavy atom. The van der Waals surface area contributed by atoms with Crippen LogP contribution in [0, 0.1) is 0 Å². The van der Waals surface area contributed by atoms with Crippen molar-refractivity contribution in [3.63, 3.8) is 0 Å². The lowest BCUT2D eigenvalue weighted by Gasteiger charge is -2.28. The van der Waals surface area contributed by atoms with Crippen LogP contribution in [0.25, 0.3) is 0 Å². The summed E-state index contributed by atoms with van der Waals surface area (Å²) in [6.45, 7) is 5.91. The Morgan fingerprint density at radius 2 is 1.95 bits per heavy atom. The lowest BCUT2D eigenvalue weighted by atomic mass is 10.1. The van der Waals surface area contributed by atoms with E-state index in [1.54, 1.807) is 43.0 Å². The SMILES string of the molecule is CCN(CC(C)(C)O)C(=O)COc1ccc(C(N)=S)cc1. The Hall–Kier alpha value is -1.66. The quantitative estimate of drug-likeness (QED) is 0.743. The third-order valence-electron chi connectivity index (χ3n) is 2.81. The number of nitrogens with zero attached hydrogens (tertiary/aromatic N) is 1. The number of amides is 1. The molecule has 0 aliphatic heterocycles. The van der Waals surface area contributed by atoms with Gasteiger partial charge in [0.15, 0.2) is 6.61 Å². The molecular formula is C15H22N2O3S. The van der Waals surface area contributed by atoms with Crippen molar-refractivity contribution < 1.29 is 14.6 Å². The van der Waals surface area contributed by atoms with Gasteiger partial charge in [-0.25, -0.2) is 0 Å². The molecule has 1 rings (SSSR count). The maximum absolute atomic E-state index is 12.0. The van der Waals surface area contributed by atoms with E-state index in [-0.39, 0.29) is 19.1 Å². The van der Waals surface area contributed by atoms with Crippen molar-refractivity contribution >= 4 is 23.1 Å². The van der Waals surface area contributed by atoms with Gasteiger partial charge >= 0.3 is 0 Å². The number of carbonyl (C=O) groups excluding carboxylic acids is 1. The average molecular weight is 310 g/mol. The van der Waals surface area contributed by atoms with Crippen LogP contribution in [0.15, 0.2) is 24.3 Å². The minimum absolute atomic E-state index is 0.0731. The van der Waals surface area contributed by atoms with Gasteiger partial charge in [0.2, 0.25) is 0 Å². The zero-order valence-electron chi connectivity index (χ0n) is 12.6. The van der Waals surface area contributed by atoms with Gasteiger partial charge in [0.1, 0.15) is 10.7 Å². The van der Waals surface area contributed by atoms with Crippen LogP contribution in [-0.2, 0) is 4.79 Å². The Labute approximate surface area is 130 Å². The molecule has 116 valence electrons. The summed E-state index contributed by atoms with van der Waals surface area (Å²) >= 11 is 4.86. The van der Waals surface area contributed by atoms with Crippen LogP contribution in [0.5, 0.6) is 5.75 Å². The van der Waals surface area contributed by atoms with Crippen molar-refractivity contribution in [2.75, 3.05) is 19.7 Å². The highest BCUT2D eigenvalue weighted by Crippen LogP contribution is 2.13. The third kappa shape index (κ3) is 6.10. The van der Waals surface area contributed by atoms with Crippen molar-refractivity contribution in [3.8, 4) is 5.75 Å². The summed E-state index contributed by atoms with van der Waals surface area (Å²) in [4.78, 5) is 13.9. The van der Waals surface area contributed by atoms with Gasteiger partial charge in [-0.05, 0) is 45.0 Å². The number of aliphatic hydroxyl groups is 1. The average Bonchev–Trinajstić information content (AvgIpc) is 2.41. The monoisotopic (exact) mass is 310 g/mol. The van der Waals surface area contributed by atoms with Crippen LogP contribution in [0.4, 0.5) is 0 Å². The Bertz CT molecular complexity index is 495. The Kier molecular flexibility index (Phi) is 6.11. The van der Waals surface area contributed by atoms with E-state index in [0.717, 1.165) is 5.56 Å². The van der Waals surface area contributed by atoms with Gasteiger partial charge in [0, 0.05) is 18.7 Å². The molecule has 0 fully saturated rings. The Balaban J connectivity index is 2.57. The van der Waals surface area contributed by atoms with Crippen molar-refractivity contribution in [2.45, 2.75) is 26.4 Å². The van der Waals surface area contributed by atoms with Crippen molar-refractivity contribution in [1.29, 1.82) is 0 Å². The highest BCUT2D eigenvalue weighted by molar-refractivity contribution is 7.80. The standard InChI is InChI=1S/C15H22N2O3S/c1-4-17(10-15(2,3)19)13(18)9-20-12-7-5-11(6-8-12)14(16)21/h5-8,19H,4,9-10H2,1-3H3,(H2,16,21). The number of nitrogens with two attached hydrogens (primary N) is 1. The first-order valence-corrected chi connectivity index (χ1v) is 7.16. The summed E-state index contributed by atoms with van der Waals surface area (Å²) in [5.41, 5.74) is 5.33. The highest BCUT2D eigenvalue weighted by atomic mass is 32.1. The van der Waals surface area contributed by atoms with Gasteiger partial charge in [-0.3, -0.25) is 4.79 Å². The number of carbonyl (C=O) groups is 1. The van der Waals surface area contributed by atoms with E-state index in [0.29, 0.717) is 17.3 Å². The van der Waals surface area contributed by atoms with E-state index in [4.69, 9.17) is 22.7 Å². The second-order valence-corrected chi connectivity index (χ2v) is 5.84. The summed E-state index contributed by atoms with van der Waals surface area (Å²) in [7, 11) is 0. The fourth-order valence-electron chi connectivity index (χ4n) is 1.80. The predicted octanol–water partition coefficient (Wildman–Crippen LogP) is 1.32. The molecule has 5 nitrogen and oxygen atoms in total. The van der Waals surface area contributed by atoms with E-state index in [9.17, 15) is 9.90 Å². The lowest BCUT2D eigenvalue weighted by molar-refractivity contribution is -0.136. The van der Waals surface area contributed by atoms with Crippen molar-refractivity contribution in [3.05, 3.63) is 29.8 Å². The minimum atomic E-state index is -0.926. The number of thiocarbonyl (C=S) groups is 1. The van der Waals surface area contributed by atoms with E-state index in [1.807, 2.05) is 6.92 Å². The van der Waals surface area contributed by atoms with E-state index < -0.39 is 5.60 Å². The molecule has 1 amide bonds. The first-order valence-electron chi connectivity index (χ1n) is 6.75. The number of rotatable bonds is 7. The molecule has 0 aliphatic carbocycles. The molecule has 1 aromatic rings. The number of likely N-dealkylation sites (N-methyl/N-ethyl adjacent to an activating group) is 1. The summed E-state index contributed by atoms with van der Waals surface area (Å²) < 4.78 is 5.44. The fourth-order valence-corrected chi connectivity index (χ4v) is 1.93. The van der Waals surface area contributed by atoms with Crippen LogP contribution in [0.2, 0.25) is 0 Å². The predicted molar refractivity (Wildman–Crippen MR) is 86.4 cm³/mol. The van der Waals surface area contributed by atoms with E-state index >= 15 is 0 Å². The molecule has 0 bridgehead atoms. The molecule has 0 aliphatic rings. The van der Waals surface area contributed by atoms with E-state index in [2.05, 4.69) is 0 Å². The molecule has 0 saturated carbocycles. The zero-order valence-corrected chi connectivity index (χ0v) is 13.4. The minimum Gasteiger partial charge on any atom is -0.484 e. The first kappa shape index (κ1) is 17.4. The van der Waals surface area contributed by atoms with Crippen LogP contribution in [0.3, 0.4) is 0 Å². The maximum atomic E-state index is 12.0. The normalized spacial score (nSPS) is 11.0. The summed E-state index contributed by atoms with van der Waals surface area (Å²) in [5, 5.41) is 9.78. The summed E-state index contributed by atoms with van der Waals surface area (Å²) in [6, 6.07) is 6.93. The first-order chi connectivity index (χ1) is 9.73.